The van der Waals surface area contributed by atoms with Gasteiger partial charge in [-0.3, -0.25) is 9.59 Å². The number of aromatic amines is 1. The van der Waals surface area contributed by atoms with Crippen LogP contribution in [0.15, 0.2) is 16.9 Å². The van der Waals surface area contributed by atoms with Gasteiger partial charge in [0.05, 0.1) is 0 Å². The van der Waals surface area contributed by atoms with Crippen molar-refractivity contribution in [2.75, 3.05) is 0 Å². The summed E-state index contributed by atoms with van der Waals surface area (Å²) in [7, 11) is 0. The number of nitrogens with one attached hydrogen (secondary N) is 2. The van der Waals surface area contributed by atoms with Gasteiger partial charge in [-0.25, -0.2) is 4.79 Å². The molecule has 0 saturated heterocycles. The van der Waals surface area contributed by atoms with Crippen LogP contribution in [0, 0.1) is 12.8 Å². The van der Waals surface area contributed by atoms with Crippen molar-refractivity contribution < 1.29 is 14.7 Å². The smallest absolute Gasteiger partial charge is 0.329 e. The van der Waals surface area contributed by atoms with Gasteiger partial charge in [0.15, 0.2) is 0 Å². The minimum Gasteiger partial charge on any atom is -0.480 e. The minimum absolute atomic E-state index is 0.0557. The average molecular weight is 292 g/mol. The molecule has 114 valence electrons. The molecular weight excluding hydrogens is 272 g/mol. The Bertz CT molecular complexity index is 612. The number of hydrogen-bond acceptors (Lipinski definition) is 3. The number of carbonyl (C=O) groups is 2. The molecule has 1 aromatic heterocycles. The zero-order valence-corrected chi connectivity index (χ0v) is 12.2. The lowest BCUT2D eigenvalue weighted by Gasteiger charge is -2.36. The summed E-state index contributed by atoms with van der Waals surface area (Å²) in [6.07, 6.45) is 2.27. The highest BCUT2D eigenvalue weighted by atomic mass is 16.4. The molecule has 0 atom stereocenters. The number of H-pyrrole nitrogens is 1. The number of aromatic nitrogens is 1. The first kappa shape index (κ1) is 15.3. The highest BCUT2D eigenvalue weighted by molar-refractivity contribution is 5.97. The molecule has 1 saturated carbocycles. The van der Waals surface area contributed by atoms with E-state index in [2.05, 4.69) is 17.2 Å². The van der Waals surface area contributed by atoms with Crippen LogP contribution in [0.3, 0.4) is 0 Å². The molecule has 0 unspecified atom stereocenters. The monoisotopic (exact) mass is 292 g/mol. The maximum absolute atomic E-state index is 12.2. The Morgan fingerprint density at radius 3 is 2.48 bits per heavy atom. The molecule has 3 N–H and O–H groups in total. The van der Waals surface area contributed by atoms with Crippen molar-refractivity contribution in [1.29, 1.82) is 0 Å². The first-order valence-corrected chi connectivity index (χ1v) is 7.10. The molecule has 21 heavy (non-hydrogen) atoms. The van der Waals surface area contributed by atoms with Crippen molar-refractivity contribution in [2.24, 2.45) is 5.92 Å². The lowest BCUT2D eigenvalue weighted by molar-refractivity contribution is -0.146. The molecule has 6 heteroatoms. The Labute approximate surface area is 122 Å². The third kappa shape index (κ3) is 3.15. The van der Waals surface area contributed by atoms with Crippen molar-refractivity contribution in [1.82, 2.24) is 10.3 Å². The van der Waals surface area contributed by atoms with Crippen LogP contribution in [0.4, 0.5) is 0 Å². The predicted octanol–water partition coefficient (Wildman–Crippen LogP) is 1.45. The van der Waals surface area contributed by atoms with Crippen LogP contribution < -0.4 is 10.9 Å². The highest BCUT2D eigenvalue weighted by Gasteiger charge is 2.42. The lowest BCUT2D eigenvalue weighted by Crippen LogP contribution is -2.56. The van der Waals surface area contributed by atoms with Crippen molar-refractivity contribution in [3.05, 3.63) is 33.7 Å². The Hall–Kier alpha value is -2.11. The highest BCUT2D eigenvalue weighted by Crippen LogP contribution is 2.32. The fraction of sp³-hybridized carbons (Fsp3) is 0.533. The van der Waals surface area contributed by atoms with Crippen molar-refractivity contribution in [3.63, 3.8) is 0 Å². The summed E-state index contributed by atoms with van der Waals surface area (Å²) >= 11 is 0. The maximum Gasteiger partial charge on any atom is 0.329 e. The summed E-state index contributed by atoms with van der Waals surface area (Å²) in [5.41, 5.74) is -1.17. The van der Waals surface area contributed by atoms with Gasteiger partial charge >= 0.3 is 5.97 Å². The fourth-order valence-electron chi connectivity index (χ4n) is 2.68. The molecule has 0 radical (unpaired) electrons. The molecule has 1 amide bonds. The van der Waals surface area contributed by atoms with E-state index in [1.54, 1.807) is 13.0 Å². The molecule has 1 heterocycles. The van der Waals surface area contributed by atoms with Gasteiger partial charge in [0.25, 0.3) is 11.5 Å². The van der Waals surface area contributed by atoms with Gasteiger partial charge < -0.3 is 15.4 Å². The summed E-state index contributed by atoms with van der Waals surface area (Å²) in [6, 6.07) is 3.04. The van der Waals surface area contributed by atoms with Gasteiger partial charge in [0.1, 0.15) is 11.1 Å². The third-order valence-corrected chi connectivity index (χ3v) is 4.19. The largest absolute Gasteiger partial charge is 0.480 e. The fourth-order valence-corrected chi connectivity index (χ4v) is 2.68. The summed E-state index contributed by atoms with van der Waals surface area (Å²) in [4.78, 5) is 38.2. The third-order valence-electron chi connectivity index (χ3n) is 4.19. The van der Waals surface area contributed by atoms with Crippen molar-refractivity contribution in [3.8, 4) is 0 Å². The summed E-state index contributed by atoms with van der Waals surface area (Å²) < 4.78 is 0. The Balaban J connectivity index is 2.23. The second-order valence-corrected chi connectivity index (χ2v) is 5.91. The summed E-state index contributed by atoms with van der Waals surface area (Å²) in [5, 5.41) is 12.1. The van der Waals surface area contributed by atoms with Crippen LogP contribution in [0.25, 0.3) is 0 Å². The summed E-state index contributed by atoms with van der Waals surface area (Å²) in [5.74, 6) is -1.21. The molecule has 1 fully saturated rings. The van der Waals surface area contributed by atoms with Crippen LogP contribution in [0.5, 0.6) is 0 Å². The number of pyridine rings is 1. The van der Waals surface area contributed by atoms with Crippen molar-refractivity contribution in [2.45, 2.75) is 45.1 Å². The molecular formula is C15H20N2O4. The molecule has 0 aliphatic heterocycles. The van der Waals surface area contributed by atoms with E-state index in [1.807, 2.05) is 0 Å². The van der Waals surface area contributed by atoms with Crippen LogP contribution in [0.2, 0.25) is 0 Å². The number of rotatable bonds is 3. The van der Waals surface area contributed by atoms with E-state index in [0.29, 0.717) is 24.5 Å². The normalized spacial score (nSPS) is 25.3. The molecule has 6 nitrogen and oxygen atoms in total. The summed E-state index contributed by atoms with van der Waals surface area (Å²) in [6.45, 7) is 3.78. The Morgan fingerprint density at radius 1 is 1.33 bits per heavy atom. The van der Waals surface area contributed by atoms with Gasteiger partial charge in [-0.1, -0.05) is 6.92 Å². The first-order chi connectivity index (χ1) is 9.84. The van der Waals surface area contributed by atoms with Gasteiger partial charge in [-0.2, -0.15) is 0 Å². The minimum atomic E-state index is -1.26. The van der Waals surface area contributed by atoms with E-state index < -0.39 is 23.0 Å². The van der Waals surface area contributed by atoms with E-state index in [0.717, 1.165) is 12.8 Å². The van der Waals surface area contributed by atoms with Gasteiger partial charge in [-0.05, 0) is 50.7 Å². The quantitative estimate of drug-likeness (QED) is 0.785. The first-order valence-electron chi connectivity index (χ1n) is 7.10. The number of carbonyl (C=O) groups excluding carboxylic acids is 1. The molecule has 1 aromatic rings. The van der Waals surface area contributed by atoms with Crippen molar-refractivity contribution >= 4 is 11.9 Å². The predicted molar refractivity (Wildman–Crippen MR) is 77.3 cm³/mol. The second-order valence-electron chi connectivity index (χ2n) is 5.91. The molecule has 1 aliphatic rings. The average Bonchev–Trinajstić information content (AvgIpc) is 2.41. The van der Waals surface area contributed by atoms with E-state index in [1.165, 1.54) is 6.07 Å². The standard InChI is InChI=1S/C15H20N2O4/c1-9-5-7-15(8-6-9,14(20)21)17-13(19)11-4-3-10(2)16-12(11)18/h3-4,9H,5-8H2,1-2H3,(H,16,18)(H,17,19)(H,20,21). The number of amides is 1. The van der Waals surface area contributed by atoms with Gasteiger partial charge in [-0.15, -0.1) is 0 Å². The SMILES string of the molecule is Cc1ccc(C(=O)NC2(C(=O)O)CCC(C)CC2)c(=O)[nH]1. The van der Waals surface area contributed by atoms with E-state index >= 15 is 0 Å². The number of aliphatic carboxylic acids is 1. The van der Waals surface area contributed by atoms with Crippen LogP contribution in [-0.2, 0) is 4.79 Å². The topological polar surface area (TPSA) is 99.3 Å². The molecule has 0 spiro atoms. The zero-order valence-electron chi connectivity index (χ0n) is 12.2. The zero-order chi connectivity index (χ0) is 15.6. The Kier molecular flexibility index (Phi) is 4.16. The van der Waals surface area contributed by atoms with Crippen LogP contribution >= 0.6 is 0 Å². The lowest BCUT2D eigenvalue weighted by atomic mass is 9.77. The van der Waals surface area contributed by atoms with E-state index in [4.69, 9.17) is 0 Å². The van der Waals surface area contributed by atoms with E-state index in [-0.39, 0.29) is 5.56 Å². The van der Waals surface area contributed by atoms with Crippen LogP contribution in [-0.4, -0.2) is 27.5 Å². The Morgan fingerprint density at radius 2 is 1.95 bits per heavy atom. The van der Waals surface area contributed by atoms with Gasteiger partial charge in [0, 0.05) is 5.69 Å². The number of aryl methyl sites for hydroxylation is 1. The van der Waals surface area contributed by atoms with Gasteiger partial charge in [0.2, 0.25) is 0 Å². The number of carboxylic acid groups (broad SMARTS) is 1. The number of carboxylic acids is 1. The molecule has 2 rings (SSSR count). The molecule has 1 aliphatic carbocycles. The molecule has 0 aromatic carbocycles. The second kappa shape index (κ2) is 5.71. The van der Waals surface area contributed by atoms with E-state index in [9.17, 15) is 19.5 Å². The maximum atomic E-state index is 12.2. The number of hydrogen-bond donors (Lipinski definition) is 3. The van der Waals surface area contributed by atoms with Crippen LogP contribution in [0.1, 0.15) is 48.7 Å². The molecule has 0 bridgehead atoms.